The highest BCUT2D eigenvalue weighted by Crippen LogP contribution is 2.53. The van der Waals surface area contributed by atoms with Crippen LogP contribution < -0.4 is 5.73 Å². The van der Waals surface area contributed by atoms with Crippen molar-refractivity contribution in [3.63, 3.8) is 0 Å². The largest absolute Gasteiger partial charge is 0.418 e. The molecule has 13 rings (SSSR count). The second-order valence-corrected chi connectivity index (χ2v) is 19.0. The fourth-order valence-electron chi connectivity index (χ4n) is 11.2. The average molecular weight is 1020 g/mol. The molecule has 0 aliphatic rings. The normalized spacial score (nSPS) is 12.2. The number of alkyl halides is 3. The van der Waals surface area contributed by atoms with Gasteiger partial charge in [-0.1, -0.05) is 67.8 Å². The highest BCUT2D eigenvalue weighted by atomic mass is 19.4. The van der Waals surface area contributed by atoms with Crippen LogP contribution in [0.5, 0.6) is 0 Å². The molecule has 0 unspecified atom stereocenters. The number of nitrogens with two attached hydrogens (primary N) is 1. The fraction of sp³-hybridized carbons (Fsp3) is 0.0462. The summed E-state index contributed by atoms with van der Waals surface area (Å²) >= 11 is 0. The Morgan fingerprint density at radius 1 is 0.513 bits per heavy atom. The molecule has 0 aliphatic heterocycles. The van der Waals surface area contributed by atoms with Crippen LogP contribution >= 0.6 is 0 Å². The van der Waals surface area contributed by atoms with Gasteiger partial charge in [0, 0.05) is 104 Å². The van der Waals surface area contributed by atoms with Gasteiger partial charge in [-0.25, -0.2) is 19.9 Å². The zero-order chi connectivity index (χ0) is 53.4. The van der Waals surface area contributed by atoms with Crippen molar-refractivity contribution in [2.24, 2.45) is 10.7 Å². The molecule has 0 amide bonds. The molecule has 0 aliphatic carbocycles. The number of hydrogen-bond donors (Lipinski definition) is 1. The Bertz CT molecular complexity index is 4610. The quantitative estimate of drug-likeness (QED) is 0.136. The van der Waals surface area contributed by atoms with Crippen LogP contribution in [-0.2, 0) is 6.18 Å². The molecule has 6 aromatic heterocycles. The van der Waals surface area contributed by atoms with Crippen LogP contribution in [0.25, 0.3) is 128 Å². The molecule has 7 aromatic carbocycles. The SMILES string of the molecule is C=C(N)c1ccc2c(c1)c1cc(-c3ncccn3)ccc1n2-c1c(C)c(C(F)(F)F)c(-n2c3ccccc3c3ccccc32)c(-n2c3ccc(C(=C)N=C/C=C\C)cc3c3cc(-c4ncccn4)ccc32)c1-c1ccncc1. The minimum Gasteiger partial charge on any atom is -0.399 e. The Labute approximate surface area is 445 Å². The third-order valence-electron chi connectivity index (χ3n) is 14.6. The van der Waals surface area contributed by atoms with Gasteiger partial charge in [-0.15, -0.1) is 0 Å². The molecule has 0 atom stereocenters. The second kappa shape index (κ2) is 18.5. The molecule has 6 heterocycles. The van der Waals surface area contributed by atoms with Crippen LogP contribution in [0, 0.1) is 6.92 Å². The van der Waals surface area contributed by atoms with Gasteiger partial charge in [0.15, 0.2) is 11.6 Å². The van der Waals surface area contributed by atoms with E-state index in [1.807, 2.05) is 162 Å². The number of aromatic nitrogens is 8. The first kappa shape index (κ1) is 47.4. The Morgan fingerprint density at radius 2 is 0.974 bits per heavy atom. The molecule has 13 heteroatoms. The smallest absolute Gasteiger partial charge is 0.399 e. The average Bonchev–Trinajstić information content (AvgIpc) is 4.04. The number of allylic oxidation sites excluding steroid dienone is 2. The second-order valence-electron chi connectivity index (χ2n) is 19.0. The number of benzene rings is 7. The van der Waals surface area contributed by atoms with E-state index < -0.39 is 11.7 Å². The van der Waals surface area contributed by atoms with Gasteiger partial charge in [0.1, 0.15) is 0 Å². The number of nitrogens with zero attached hydrogens (tertiary/aromatic N) is 9. The Hall–Kier alpha value is -10.3. The topological polar surface area (TPSA) is 118 Å². The first-order valence-electron chi connectivity index (χ1n) is 25.2. The fourth-order valence-corrected chi connectivity index (χ4v) is 11.2. The van der Waals surface area contributed by atoms with Gasteiger partial charge >= 0.3 is 6.18 Å². The maximum absolute atomic E-state index is 17.5. The number of hydrogen-bond acceptors (Lipinski definition) is 7. The van der Waals surface area contributed by atoms with E-state index in [2.05, 4.69) is 43.1 Å². The van der Waals surface area contributed by atoms with Crippen molar-refractivity contribution in [2.45, 2.75) is 20.0 Å². The highest BCUT2D eigenvalue weighted by molar-refractivity contribution is 6.16. The van der Waals surface area contributed by atoms with E-state index in [9.17, 15) is 0 Å². The molecule has 376 valence electrons. The summed E-state index contributed by atoms with van der Waals surface area (Å²) in [4.78, 5) is 27.5. The standard InChI is InChI=1S/C65H45F3N10/c1-5-6-27-71-40(4)43-18-22-56-49(35-43)51-37-45(64-74-30-12-31-75-64)20-24-57(51)77(56)61-58(41-25-32-70-33-26-41)60(38(2)59(65(66,67)68)62(61)78-52-15-9-7-13-46(52)47-14-8-10-16-53(47)78)76-54-21-17-42(39(3)69)34-48(54)50-36-44(19-23-55(50)76)63-72-28-11-29-73-63/h5-37H,3-4,69H2,1-2H3/b6-5-,71-27?. The molecule has 0 spiro atoms. The summed E-state index contributed by atoms with van der Waals surface area (Å²) in [6, 6.07) is 45.8. The molecule has 13 aromatic rings. The van der Waals surface area contributed by atoms with Crippen molar-refractivity contribution in [1.29, 1.82) is 0 Å². The molecule has 0 fully saturated rings. The summed E-state index contributed by atoms with van der Waals surface area (Å²) in [5.41, 5.74) is 14.7. The van der Waals surface area contributed by atoms with Gasteiger partial charge < -0.3 is 19.4 Å². The van der Waals surface area contributed by atoms with Crippen molar-refractivity contribution < 1.29 is 13.2 Å². The molecule has 78 heavy (non-hydrogen) atoms. The van der Waals surface area contributed by atoms with Crippen molar-refractivity contribution in [3.05, 3.63) is 230 Å². The van der Waals surface area contributed by atoms with Gasteiger partial charge in [-0.2, -0.15) is 13.2 Å². The maximum Gasteiger partial charge on any atom is 0.418 e. The third-order valence-corrected chi connectivity index (χ3v) is 14.6. The van der Waals surface area contributed by atoms with Crippen molar-refractivity contribution in [3.8, 4) is 51.0 Å². The zero-order valence-electron chi connectivity index (χ0n) is 42.2. The lowest BCUT2D eigenvalue weighted by Gasteiger charge is -2.30. The number of halogens is 3. The molecule has 0 saturated carbocycles. The summed E-state index contributed by atoms with van der Waals surface area (Å²) in [6.45, 7) is 11.9. The van der Waals surface area contributed by atoms with E-state index >= 15 is 13.2 Å². The maximum atomic E-state index is 17.5. The Kier molecular flexibility index (Phi) is 11.3. The van der Waals surface area contributed by atoms with E-state index in [0.29, 0.717) is 78.5 Å². The summed E-state index contributed by atoms with van der Waals surface area (Å²) in [6.07, 6.45) is 10.5. The van der Waals surface area contributed by atoms with Crippen molar-refractivity contribution in [1.82, 2.24) is 38.6 Å². The predicted octanol–water partition coefficient (Wildman–Crippen LogP) is 15.8. The van der Waals surface area contributed by atoms with Gasteiger partial charge in [0.25, 0.3) is 0 Å². The van der Waals surface area contributed by atoms with Crippen LogP contribution in [0.1, 0.15) is 29.2 Å². The molecule has 10 nitrogen and oxygen atoms in total. The van der Waals surface area contributed by atoms with Crippen LogP contribution in [0.3, 0.4) is 0 Å². The number of fused-ring (bicyclic) bond motifs is 9. The van der Waals surface area contributed by atoms with Gasteiger partial charge in [0.2, 0.25) is 0 Å². The van der Waals surface area contributed by atoms with E-state index in [0.717, 1.165) is 49.0 Å². The van der Waals surface area contributed by atoms with E-state index in [1.54, 1.807) is 67.0 Å². The number of pyridine rings is 1. The summed E-state index contributed by atoms with van der Waals surface area (Å²) < 4.78 is 58.3. The highest BCUT2D eigenvalue weighted by Gasteiger charge is 2.42. The lowest BCUT2D eigenvalue weighted by Crippen LogP contribution is -2.20. The lowest BCUT2D eigenvalue weighted by atomic mass is 9.91. The molecule has 0 saturated heterocycles. The molecule has 2 N–H and O–H groups in total. The van der Waals surface area contributed by atoms with Crippen molar-refractivity contribution >= 4 is 83.0 Å². The van der Waals surface area contributed by atoms with Crippen LogP contribution in [0.2, 0.25) is 0 Å². The summed E-state index contributed by atoms with van der Waals surface area (Å²) in [7, 11) is 0. The minimum atomic E-state index is -4.94. The predicted molar refractivity (Wildman–Crippen MR) is 310 cm³/mol. The number of rotatable bonds is 10. The first-order valence-corrected chi connectivity index (χ1v) is 25.2. The Balaban J connectivity index is 1.29. The van der Waals surface area contributed by atoms with Crippen LogP contribution in [0.15, 0.2) is 213 Å². The lowest BCUT2D eigenvalue weighted by molar-refractivity contribution is -0.137. The van der Waals surface area contributed by atoms with Gasteiger partial charge in [-0.05, 0) is 134 Å². The molecular formula is C65H45F3N10. The molecule has 0 bridgehead atoms. The first-order chi connectivity index (χ1) is 38.0. The zero-order valence-corrected chi connectivity index (χ0v) is 42.2. The number of aliphatic imine (C=N–C) groups is 1. The number of para-hydroxylation sites is 2. The minimum absolute atomic E-state index is 0.00152. The van der Waals surface area contributed by atoms with Gasteiger partial charge in [0.05, 0.1) is 61.4 Å². The van der Waals surface area contributed by atoms with E-state index in [-0.39, 0.29) is 16.9 Å². The van der Waals surface area contributed by atoms with E-state index in [4.69, 9.17) is 5.73 Å². The Morgan fingerprint density at radius 3 is 1.50 bits per heavy atom. The summed E-state index contributed by atoms with van der Waals surface area (Å²) in [5, 5.41) is 4.58. The van der Waals surface area contributed by atoms with E-state index in [1.165, 1.54) is 0 Å². The monoisotopic (exact) mass is 1020 g/mol. The third kappa shape index (κ3) is 7.57. The van der Waals surface area contributed by atoms with Crippen molar-refractivity contribution in [2.75, 3.05) is 0 Å². The molecular weight excluding hydrogens is 978 g/mol. The van der Waals surface area contributed by atoms with Crippen LogP contribution in [-0.4, -0.2) is 44.8 Å². The molecule has 0 radical (unpaired) electrons. The van der Waals surface area contributed by atoms with Crippen LogP contribution in [0.4, 0.5) is 13.2 Å². The van der Waals surface area contributed by atoms with Gasteiger partial charge in [-0.3, -0.25) is 9.98 Å². The summed E-state index contributed by atoms with van der Waals surface area (Å²) in [5.74, 6) is 0.988.